The molecule has 1 amide bonds. The summed E-state index contributed by atoms with van der Waals surface area (Å²) in [5.41, 5.74) is 1.92. The number of hydrogen-bond donors (Lipinski definition) is 2. The predicted octanol–water partition coefficient (Wildman–Crippen LogP) is 2.11. The highest BCUT2D eigenvalue weighted by atomic mass is 32.2. The summed E-state index contributed by atoms with van der Waals surface area (Å²) in [6.07, 6.45) is 2.13. The van der Waals surface area contributed by atoms with Gasteiger partial charge in [-0.2, -0.15) is 11.8 Å². The van der Waals surface area contributed by atoms with E-state index in [4.69, 9.17) is 4.74 Å². The topological polar surface area (TPSA) is 50.4 Å². The van der Waals surface area contributed by atoms with E-state index in [2.05, 4.69) is 23.8 Å². The Bertz CT molecular complexity index is 451. The molecular weight excluding hydrogens is 260 g/mol. The predicted molar refractivity (Wildman–Crippen MR) is 79.8 cm³/mol. The van der Waals surface area contributed by atoms with E-state index in [9.17, 15) is 4.79 Å². The molecule has 0 radical (unpaired) electrons. The van der Waals surface area contributed by atoms with Crippen molar-refractivity contribution in [2.45, 2.75) is 13.5 Å². The second kappa shape index (κ2) is 6.82. The molecule has 0 aliphatic carbocycles. The maximum absolute atomic E-state index is 11.3. The lowest BCUT2D eigenvalue weighted by Crippen LogP contribution is -2.26. The molecule has 0 spiro atoms. The summed E-state index contributed by atoms with van der Waals surface area (Å²) in [6.45, 7) is 4.16. The van der Waals surface area contributed by atoms with Crippen LogP contribution in [-0.2, 0) is 11.3 Å². The molecule has 1 aromatic carbocycles. The van der Waals surface area contributed by atoms with Gasteiger partial charge in [-0.3, -0.25) is 4.79 Å². The molecule has 0 fully saturated rings. The number of rotatable bonds is 6. The van der Waals surface area contributed by atoms with Gasteiger partial charge in [0, 0.05) is 6.54 Å². The highest BCUT2D eigenvalue weighted by molar-refractivity contribution is 7.98. The number of amides is 1. The maximum atomic E-state index is 11.3. The third-order valence-corrected chi connectivity index (χ3v) is 3.85. The maximum Gasteiger partial charge on any atom is 0.262 e. The largest absolute Gasteiger partial charge is 0.482 e. The first-order chi connectivity index (χ1) is 9.19. The number of hydrogen-bond acceptors (Lipinski definition) is 4. The van der Waals surface area contributed by atoms with Crippen molar-refractivity contribution in [3.05, 3.63) is 23.8 Å². The first-order valence-electron chi connectivity index (χ1n) is 6.44. The summed E-state index contributed by atoms with van der Waals surface area (Å²) in [5.74, 6) is 2.49. The molecule has 1 aliphatic rings. The third kappa shape index (κ3) is 4.14. The average molecular weight is 280 g/mol. The number of ether oxygens (including phenoxy) is 1. The lowest BCUT2D eigenvalue weighted by Gasteiger charge is -2.19. The third-order valence-electron chi connectivity index (χ3n) is 2.95. The van der Waals surface area contributed by atoms with Crippen LogP contribution in [0, 0.1) is 5.92 Å². The van der Waals surface area contributed by atoms with E-state index in [1.807, 2.05) is 30.0 Å². The van der Waals surface area contributed by atoms with Gasteiger partial charge in [0.25, 0.3) is 5.91 Å². The SMILES string of the molecule is CSCC(C)CNCc1ccc2c(c1)NC(=O)CO2. The summed E-state index contributed by atoms with van der Waals surface area (Å²) in [4.78, 5) is 11.3. The minimum atomic E-state index is -0.0915. The van der Waals surface area contributed by atoms with Crippen LogP contribution in [-0.4, -0.2) is 31.1 Å². The Morgan fingerprint density at radius 2 is 2.37 bits per heavy atom. The lowest BCUT2D eigenvalue weighted by molar-refractivity contribution is -0.118. The van der Waals surface area contributed by atoms with Gasteiger partial charge in [-0.25, -0.2) is 0 Å². The van der Waals surface area contributed by atoms with Gasteiger partial charge in [0.1, 0.15) is 5.75 Å². The molecule has 0 aromatic heterocycles. The molecule has 0 saturated carbocycles. The summed E-state index contributed by atoms with van der Waals surface area (Å²) in [5, 5.41) is 6.26. The molecule has 1 heterocycles. The highest BCUT2D eigenvalue weighted by Gasteiger charge is 2.15. The average Bonchev–Trinajstić information content (AvgIpc) is 2.38. The second-order valence-electron chi connectivity index (χ2n) is 4.86. The van der Waals surface area contributed by atoms with Gasteiger partial charge in [0.2, 0.25) is 0 Å². The molecule has 0 bridgehead atoms. The Morgan fingerprint density at radius 3 is 3.16 bits per heavy atom. The Morgan fingerprint density at radius 1 is 1.53 bits per heavy atom. The highest BCUT2D eigenvalue weighted by Crippen LogP contribution is 2.28. The number of thioether (sulfide) groups is 1. The standard InChI is InChI=1S/C14H20N2O2S/c1-10(9-19-2)6-15-7-11-3-4-13-12(5-11)16-14(17)8-18-13/h3-5,10,15H,6-9H2,1-2H3,(H,16,17). The van der Waals surface area contributed by atoms with Gasteiger partial charge in [0.15, 0.2) is 6.61 Å². The van der Waals surface area contributed by atoms with E-state index in [1.165, 1.54) is 5.75 Å². The van der Waals surface area contributed by atoms with Crippen LogP contribution in [0.5, 0.6) is 5.75 Å². The molecule has 5 heteroatoms. The number of fused-ring (bicyclic) bond motifs is 1. The minimum Gasteiger partial charge on any atom is -0.482 e. The van der Waals surface area contributed by atoms with Crippen LogP contribution in [0.2, 0.25) is 0 Å². The second-order valence-corrected chi connectivity index (χ2v) is 5.77. The summed E-state index contributed by atoms with van der Waals surface area (Å²) in [6, 6.07) is 5.91. The molecule has 2 N–H and O–H groups in total. The van der Waals surface area contributed by atoms with Crippen molar-refractivity contribution in [3.63, 3.8) is 0 Å². The summed E-state index contributed by atoms with van der Waals surface area (Å²) in [7, 11) is 0. The zero-order chi connectivity index (χ0) is 13.7. The van der Waals surface area contributed by atoms with Gasteiger partial charge < -0.3 is 15.4 Å². The van der Waals surface area contributed by atoms with Crippen LogP contribution in [0.15, 0.2) is 18.2 Å². The summed E-state index contributed by atoms with van der Waals surface area (Å²) >= 11 is 1.87. The molecule has 1 aromatic rings. The Balaban J connectivity index is 1.88. The van der Waals surface area contributed by atoms with Crippen LogP contribution >= 0.6 is 11.8 Å². The number of carbonyl (C=O) groups is 1. The van der Waals surface area contributed by atoms with E-state index < -0.39 is 0 Å². The number of benzene rings is 1. The van der Waals surface area contributed by atoms with Gasteiger partial charge >= 0.3 is 0 Å². The van der Waals surface area contributed by atoms with Crippen LogP contribution in [0.4, 0.5) is 5.69 Å². The van der Waals surface area contributed by atoms with E-state index in [-0.39, 0.29) is 12.5 Å². The quantitative estimate of drug-likeness (QED) is 0.838. The van der Waals surface area contributed by atoms with Crippen molar-refractivity contribution in [1.29, 1.82) is 0 Å². The van der Waals surface area contributed by atoms with Crippen molar-refractivity contribution in [3.8, 4) is 5.75 Å². The van der Waals surface area contributed by atoms with Crippen LogP contribution in [0.25, 0.3) is 0 Å². The molecule has 104 valence electrons. The van der Waals surface area contributed by atoms with Crippen molar-refractivity contribution in [1.82, 2.24) is 5.32 Å². The van der Waals surface area contributed by atoms with Crippen LogP contribution in [0.3, 0.4) is 0 Å². The molecule has 1 aliphatic heterocycles. The monoisotopic (exact) mass is 280 g/mol. The Kier molecular flexibility index (Phi) is 5.10. The van der Waals surface area contributed by atoms with E-state index >= 15 is 0 Å². The smallest absolute Gasteiger partial charge is 0.262 e. The summed E-state index contributed by atoms with van der Waals surface area (Å²) < 4.78 is 5.33. The minimum absolute atomic E-state index is 0.0915. The molecule has 2 rings (SSSR count). The fourth-order valence-electron chi connectivity index (χ4n) is 2.05. The van der Waals surface area contributed by atoms with E-state index in [1.54, 1.807) is 0 Å². The first-order valence-corrected chi connectivity index (χ1v) is 7.83. The fourth-order valence-corrected chi connectivity index (χ4v) is 2.73. The van der Waals surface area contributed by atoms with Crippen LogP contribution < -0.4 is 15.4 Å². The van der Waals surface area contributed by atoms with E-state index in [0.717, 1.165) is 30.1 Å². The Hall–Kier alpha value is -1.20. The van der Waals surface area contributed by atoms with Gasteiger partial charge in [-0.05, 0) is 42.2 Å². The molecule has 1 atom stereocenters. The van der Waals surface area contributed by atoms with Crippen molar-refractivity contribution in [2.75, 3.05) is 30.5 Å². The molecule has 19 heavy (non-hydrogen) atoms. The number of carbonyl (C=O) groups excluding carboxylic acids is 1. The zero-order valence-corrected chi connectivity index (χ0v) is 12.2. The molecule has 0 saturated heterocycles. The normalized spacial score (nSPS) is 15.4. The molecule has 1 unspecified atom stereocenters. The van der Waals surface area contributed by atoms with Gasteiger partial charge in [-0.1, -0.05) is 13.0 Å². The van der Waals surface area contributed by atoms with Gasteiger partial charge in [0.05, 0.1) is 5.69 Å². The van der Waals surface area contributed by atoms with Crippen LogP contribution in [0.1, 0.15) is 12.5 Å². The Labute approximate surface area is 118 Å². The van der Waals surface area contributed by atoms with Crippen molar-refractivity contribution >= 4 is 23.4 Å². The molecular formula is C14H20N2O2S. The van der Waals surface area contributed by atoms with Gasteiger partial charge in [-0.15, -0.1) is 0 Å². The van der Waals surface area contributed by atoms with Crippen molar-refractivity contribution in [2.24, 2.45) is 5.92 Å². The molecule has 4 nitrogen and oxygen atoms in total. The van der Waals surface area contributed by atoms with E-state index in [0.29, 0.717) is 5.92 Å². The fraction of sp³-hybridized carbons (Fsp3) is 0.500. The van der Waals surface area contributed by atoms with Crippen molar-refractivity contribution < 1.29 is 9.53 Å². The first kappa shape index (κ1) is 14.2. The number of anilines is 1. The zero-order valence-electron chi connectivity index (χ0n) is 11.4. The lowest BCUT2D eigenvalue weighted by atomic mass is 10.1. The number of nitrogens with one attached hydrogen (secondary N) is 2.